The molecule has 0 radical (unpaired) electrons. The van der Waals surface area contributed by atoms with Gasteiger partial charge >= 0.3 is 0 Å². The van der Waals surface area contributed by atoms with E-state index in [1.54, 1.807) is 12.1 Å². The van der Waals surface area contributed by atoms with Crippen LogP contribution >= 0.6 is 0 Å². The first-order valence-electron chi connectivity index (χ1n) is 8.34. The molecule has 5 nitrogen and oxygen atoms in total. The molecule has 26 heavy (non-hydrogen) atoms. The summed E-state index contributed by atoms with van der Waals surface area (Å²) in [5, 5.41) is 10.9. The van der Waals surface area contributed by atoms with Crippen molar-refractivity contribution in [3.8, 4) is 5.75 Å². The number of fused-ring (bicyclic) bond motifs is 1. The average Bonchev–Trinajstić information content (AvgIpc) is 2.88. The van der Waals surface area contributed by atoms with Gasteiger partial charge in [0.15, 0.2) is 0 Å². The van der Waals surface area contributed by atoms with Crippen LogP contribution in [0.2, 0.25) is 0 Å². The van der Waals surface area contributed by atoms with Crippen LogP contribution in [0.15, 0.2) is 83.9 Å². The van der Waals surface area contributed by atoms with E-state index in [2.05, 4.69) is 0 Å². The molecular weight excluding hydrogens is 328 g/mol. The SMILES string of the molecule is O=[N+]([O-])c1ccc(C2CC(c3ccccc3)=Nc3ccccc3O2)cc1. The van der Waals surface area contributed by atoms with Gasteiger partial charge in [-0.05, 0) is 35.4 Å². The molecule has 1 unspecified atom stereocenters. The first-order valence-corrected chi connectivity index (χ1v) is 8.34. The fourth-order valence-electron chi connectivity index (χ4n) is 3.02. The molecular formula is C21H16N2O3. The Morgan fingerprint density at radius 1 is 0.923 bits per heavy atom. The van der Waals surface area contributed by atoms with Crippen LogP contribution < -0.4 is 4.74 Å². The van der Waals surface area contributed by atoms with Crippen molar-refractivity contribution in [2.24, 2.45) is 4.99 Å². The number of nitro benzene ring substituents is 1. The van der Waals surface area contributed by atoms with Gasteiger partial charge in [0.2, 0.25) is 0 Å². The van der Waals surface area contributed by atoms with E-state index in [-0.39, 0.29) is 11.8 Å². The van der Waals surface area contributed by atoms with Crippen molar-refractivity contribution in [1.29, 1.82) is 0 Å². The molecule has 128 valence electrons. The number of para-hydroxylation sites is 2. The number of nitro groups is 1. The Labute approximate surface area is 150 Å². The lowest BCUT2D eigenvalue weighted by Gasteiger charge is -2.18. The van der Waals surface area contributed by atoms with Crippen molar-refractivity contribution >= 4 is 17.1 Å². The highest BCUT2D eigenvalue weighted by Gasteiger charge is 2.23. The predicted octanol–water partition coefficient (Wildman–Crippen LogP) is 5.24. The van der Waals surface area contributed by atoms with Crippen LogP contribution in [0.5, 0.6) is 5.75 Å². The van der Waals surface area contributed by atoms with E-state index in [1.165, 1.54) is 12.1 Å². The third-order valence-electron chi connectivity index (χ3n) is 4.35. The molecule has 1 atom stereocenters. The van der Waals surface area contributed by atoms with E-state index in [9.17, 15) is 10.1 Å². The standard InChI is InChI=1S/C21H16N2O3/c24-23(25)17-12-10-16(11-13-17)21-14-19(15-6-2-1-3-7-15)22-18-8-4-5-9-20(18)26-21/h1-13,21H,14H2. The molecule has 3 aromatic carbocycles. The quantitative estimate of drug-likeness (QED) is 0.482. The summed E-state index contributed by atoms with van der Waals surface area (Å²) in [6, 6.07) is 24.2. The average molecular weight is 344 g/mol. The van der Waals surface area contributed by atoms with Crippen LogP contribution in [0.25, 0.3) is 0 Å². The van der Waals surface area contributed by atoms with Crippen molar-refractivity contribution in [3.05, 3.63) is 100 Å². The van der Waals surface area contributed by atoms with Crippen LogP contribution in [-0.2, 0) is 0 Å². The minimum atomic E-state index is -0.399. The van der Waals surface area contributed by atoms with Gasteiger partial charge in [-0.15, -0.1) is 0 Å². The fraction of sp³-hybridized carbons (Fsp3) is 0.0952. The first kappa shape index (κ1) is 16.0. The minimum absolute atomic E-state index is 0.0692. The van der Waals surface area contributed by atoms with Gasteiger partial charge in [0.1, 0.15) is 17.5 Å². The van der Waals surface area contributed by atoms with Gasteiger partial charge in [0, 0.05) is 18.6 Å². The van der Waals surface area contributed by atoms with Crippen molar-refractivity contribution in [2.45, 2.75) is 12.5 Å². The van der Waals surface area contributed by atoms with Crippen molar-refractivity contribution in [3.63, 3.8) is 0 Å². The lowest BCUT2D eigenvalue weighted by atomic mass is 9.99. The molecule has 4 rings (SSSR count). The van der Waals surface area contributed by atoms with Crippen molar-refractivity contribution in [1.82, 2.24) is 0 Å². The highest BCUT2D eigenvalue weighted by atomic mass is 16.6. The van der Waals surface area contributed by atoms with Gasteiger partial charge in [-0.25, -0.2) is 4.99 Å². The minimum Gasteiger partial charge on any atom is -0.483 e. The van der Waals surface area contributed by atoms with E-state index in [0.717, 1.165) is 22.5 Å². The van der Waals surface area contributed by atoms with Gasteiger partial charge < -0.3 is 4.74 Å². The zero-order chi connectivity index (χ0) is 17.9. The Balaban J connectivity index is 1.75. The topological polar surface area (TPSA) is 64.7 Å². The second kappa shape index (κ2) is 6.80. The second-order valence-corrected chi connectivity index (χ2v) is 6.05. The zero-order valence-electron chi connectivity index (χ0n) is 13.9. The monoisotopic (exact) mass is 344 g/mol. The van der Waals surface area contributed by atoms with E-state index in [4.69, 9.17) is 9.73 Å². The molecule has 0 amide bonds. The maximum absolute atomic E-state index is 10.9. The highest BCUT2D eigenvalue weighted by molar-refractivity contribution is 6.03. The molecule has 0 fully saturated rings. The molecule has 0 aliphatic carbocycles. The molecule has 3 aromatic rings. The lowest BCUT2D eigenvalue weighted by molar-refractivity contribution is -0.384. The fourth-order valence-corrected chi connectivity index (χ4v) is 3.02. The summed E-state index contributed by atoms with van der Waals surface area (Å²) >= 11 is 0. The van der Waals surface area contributed by atoms with Crippen LogP contribution in [0.3, 0.4) is 0 Å². The number of ether oxygens (including phenoxy) is 1. The molecule has 0 saturated carbocycles. The van der Waals surface area contributed by atoms with E-state index in [0.29, 0.717) is 12.2 Å². The van der Waals surface area contributed by atoms with Gasteiger partial charge in [-0.3, -0.25) is 10.1 Å². The lowest BCUT2D eigenvalue weighted by Crippen LogP contribution is -2.12. The number of hydrogen-bond donors (Lipinski definition) is 0. The van der Waals surface area contributed by atoms with Gasteiger partial charge in [-0.2, -0.15) is 0 Å². The van der Waals surface area contributed by atoms with E-state index < -0.39 is 4.92 Å². The number of nitrogens with zero attached hydrogens (tertiary/aromatic N) is 2. The molecule has 0 N–H and O–H groups in total. The second-order valence-electron chi connectivity index (χ2n) is 6.05. The molecule has 0 spiro atoms. The van der Waals surface area contributed by atoms with E-state index in [1.807, 2.05) is 54.6 Å². The number of non-ortho nitro benzene ring substituents is 1. The number of aliphatic imine (C=N–C) groups is 1. The van der Waals surface area contributed by atoms with Gasteiger partial charge in [-0.1, -0.05) is 42.5 Å². The third-order valence-corrected chi connectivity index (χ3v) is 4.35. The maximum atomic E-state index is 10.9. The summed E-state index contributed by atoms with van der Waals surface area (Å²) in [6.07, 6.45) is 0.315. The molecule has 0 saturated heterocycles. The summed E-state index contributed by atoms with van der Waals surface area (Å²) < 4.78 is 6.21. The van der Waals surface area contributed by atoms with Crippen molar-refractivity contribution in [2.75, 3.05) is 0 Å². The van der Waals surface area contributed by atoms with Crippen LogP contribution in [0.4, 0.5) is 11.4 Å². The predicted molar refractivity (Wildman–Crippen MR) is 100 cm³/mol. The van der Waals surface area contributed by atoms with Crippen LogP contribution in [0, 0.1) is 10.1 Å². The molecule has 1 aliphatic rings. The first-order chi connectivity index (χ1) is 12.7. The summed E-state index contributed by atoms with van der Waals surface area (Å²) in [6.45, 7) is 0. The smallest absolute Gasteiger partial charge is 0.269 e. The number of hydrogen-bond acceptors (Lipinski definition) is 4. The summed E-state index contributed by atoms with van der Waals surface area (Å²) in [5.74, 6) is 0.710. The molecule has 1 heterocycles. The zero-order valence-corrected chi connectivity index (χ0v) is 13.9. The molecule has 0 bridgehead atoms. The summed E-state index contributed by atoms with van der Waals surface area (Å²) in [4.78, 5) is 15.3. The van der Waals surface area contributed by atoms with Crippen molar-refractivity contribution < 1.29 is 9.66 Å². The normalized spacial score (nSPS) is 16.0. The summed E-state index contributed by atoms with van der Waals surface area (Å²) in [7, 11) is 0. The largest absolute Gasteiger partial charge is 0.483 e. The van der Waals surface area contributed by atoms with Gasteiger partial charge in [0.25, 0.3) is 5.69 Å². The molecule has 0 aromatic heterocycles. The highest BCUT2D eigenvalue weighted by Crippen LogP contribution is 2.37. The summed E-state index contributed by atoms with van der Waals surface area (Å²) in [5.41, 5.74) is 3.71. The number of rotatable bonds is 3. The van der Waals surface area contributed by atoms with Crippen LogP contribution in [-0.4, -0.2) is 10.6 Å². The van der Waals surface area contributed by atoms with Gasteiger partial charge in [0.05, 0.1) is 10.6 Å². The maximum Gasteiger partial charge on any atom is 0.269 e. The number of benzene rings is 3. The Kier molecular flexibility index (Phi) is 4.19. The Bertz CT molecular complexity index is 966. The Morgan fingerprint density at radius 3 is 2.35 bits per heavy atom. The molecule has 5 heteroatoms. The van der Waals surface area contributed by atoms with E-state index >= 15 is 0 Å². The molecule has 1 aliphatic heterocycles. The Hall–Kier alpha value is -3.47. The third kappa shape index (κ3) is 3.19. The Morgan fingerprint density at radius 2 is 1.62 bits per heavy atom. The van der Waals surface area contributed by atoms with Crippen LogP contribution in [0.1, 0.15) is 23.7 Å².